The van der Waals surface area contributed by atoms with Gasteiger partial charge >= 0.3 is 0 Å². The molecule has 0 bridgehead atoms. The number of likely N-dealkylation sites (N-methyl/N-ethyl adjacent to an activating group) is 1. The number of rotatable bonds is 7. The van der Waals surface area contributed by atoms with Crippen molar-refractivity contribution in [3.63, 3.8) is 0 Å². The average molecular weight is 427 g/mol. The van der Waals surface area contributed by atoms with E-state index in [1.807, 2.05) is 17.5 Å². The number of thiophene rings is 1. The molecule has 5 nitrogen and oxygen atoms in total. The Morgan fingerprint density at radius 3 is 2.48 bits per heavy atom. The van der Waals surface area contributed by atoms with Crippen LogP contribution in [0.3, 0.4) is 0 Å². The first-order chi connectivity index (χ1) is 14.2. The lowest BCUT2D eigenvalue weighted by Gasteiger charge is -2.34. The topological polar surface area (TPSA) is 48.5 Å². The SMILES string of the molecule is CCN1CCN(Cc2ccc(CNC(=O)c3cnc(-c4cccs4)s3)cc2)CC1. The molecule has 1 saturated heterocycles. The maximum atomic E-state index is 12.4. The van der Waals surface area contributed by atoms with Crippen molar-refractivity contribution in [1.29, 1.82) is 0 Å². The number of nitrogens with zero attached hydrogens (tertiary/aromatic N) is 3. The van der Waals surface area contributed by atoms with Crippen LogP contribution in [0, 0.1) is 0 Å². The Balaban J connectivity index is 1.26. The molecule has 29 heavy (non-hydrogen) atoms. The number of nitrogens with one attached hydrogen (secondary N) is 1. The Hall–Kier alpha value is -2.06. The third kappa shape index (κ3) is 5.30. The van der Waals surface area contributed by atoms with Gasteiger partial charge in [-0.3, -0.25) is 9.69 Å². The van der Waals surface area contributed by atoms with Crippen LogP contribution >= 0.6 is 22.7 Å². The molecular formula is C22H26N4OS2. The lowest BCUT2D eigenvalue weighted by atomic mass is 10.1. The van der Waals surface area contributed by atoms with Crippen molar-refractivity contribution in [1.82, 2.24) is 20.1 Å². The van der Waals surface area contributed by atoms with Crippen LogP contribution in [-0.2, 0) is 13.1 Å². The molecule has 4 rings (SSSR count). The summed E-state index contributed by atoms with van der Waals surface area (Å²) in [5.74, 6) is -0.0665. The minimum Gasteiger partial charge on any atom is -0.347 e. The fourth-order valence-electron chi connectivity index (χ4n) is 3.45. The van der Waals surface area contributed by atoms with Crippen molar-refractivity contribution >= 4 is 28.6 Å². The first-order valence-corrected chi connectivity index (χ1v) is 11.7. The smallest absolute Gasteiger partial charge is 0.263 e. The van der Waals surface area contributed by atoms with Crippen LogP contribution in [0.1, 0.15) is 27.7 Å². The summed E-state index contributed by atoms with van der Waals surface area (Å²) >= 11 is 3.07. The van der Waals surface area contributed by atoms with Gasteiger partial charge in [-0.1, -0.05) is 37.3 Å². The molecule has 152 valence electrons. The number of aromatic nitrogens is 1. The van der Waals surface area contributed by atoms with Crippen LogP contribution in [0.4, 0.5) is 0 Å². The number of benzene rings is 1. The number of thiazole rings is 1. The molecule has 7 heteroatoms. The van der Waals surface area contributed by atoms with Crippen molar-refractivity contribution in [2.24, 2.45) is 0 Å². The largest absolute Gasteiger partial charge is 0.347 e. The highest BCUT2D eigenvalue weighted by Crippen LogP contribution is 2.28. The molecule has 1 aliphatic heterocycles. The first kappa shape index (κ1) is 20.2. The number of hydrogen-bond donors (Lipinski definition) is 1. The fraction of sp³-hybridized carbons (Fsp3) is 0.364. The predicted molar refractivity (Wildman–Crippen MR) is 120 cm³/mol. The normalized spacial score (nSPS) is 15.5. The highest BCUT2D eigenvalue weighted by molar-refractivity contribution is 7.21. The van der Waals surface area contributed by atoms with Gasteiger partial charge < -0.3 is 10.2 Å². The third-order valence-electron chi connectivity index (χ3n) is 5.26. The Kier molecular flexibility index (Phi) is 6.71. The number of carbonyl (C=O) groups is 1. The van der Waals surface area contributed by atoms with E-state index in [0.29, 0.717) is 11.4 Å². The molecule has 1 fully saturated rings. The van der Waals surface area contributed by atoms with Gasteiger partial charge in [0.2, 0.25) is 0 Å². The second kappa shape index (κ2) is 9.63. The molecule has 1 amide bonds. The first-order valence-electron chi connectivity index (χ1n) is 10.0. The van der Waals surface area contributed by atoms with Crippen molar-refractivity contribution < 1.29 is 4.79 Å². The Bertz CT molecular complexity index is 913. The molecule has 0 aliphatic carbocycles. The van der Waals surface area contributed by atoms with Crippen molar-refractivity contribution in [3.05, 3.63) is 64.0 Å². The van der Waals surface area contributed by atoms with E-state index in [9.17, 15) is 4.79 Å². The van der Waals surface area contributed by atoms with Gasteiger partial charge in [-0.05, 0) is 29.1 Å². The summed E-state index contributed by atoms with van der Waals surface area (Å²) in [7, 11) is 0. The number of carbonyl (C=O) groups excluding carboxylic acids is 1. The van der Waals surface area contributed by atoms with Gasteiger partial charge in [-0.25, -0.2) is 4.98 Å². The van der Waals surface area contributed by atoms with Crippen LogP contribution < -0.4 is 5.32 Å². The molecule has 3 heterocycles. The van der Waals surface area contributed by atoms with Gasteiger partial charge in [0.15, 0.2) is 0 Å². The Morgan fingerprint density at radius 2 is 1.79 bits per heavy atom. The molecule has 2 aromatic heterocycles. The monoisotopic (exact) mass is 426 g/mol. The van der Waals surface area contributed by atoms with Crippen LogP contribution in [0.5, 0.6) is 0 Å². The quantitative estimate of drug-likeness (QED) is 0.622. The highest BCUT2D eigenvalue weighted by atomic mass is 32.1. The van der Waals surface area contributed by atoms with E-state index in [1.165, 1.54) is 16.9 Å². The van der Waals surface area contributed by atoms with Crippen LogP contribution in [0.25, 0.3) is 9.88 Å². The van der Waals surface area contributed by atoms with Crippen LogP contribution in [0.2, 0.25) is 0 Å². The van der Waals surface area contributed by atoms with E-state index in [-0.39, 0.29) is 5.91 Å². The number of amides is 1. The average Bonchev–Trinajstić information content (AvgIpc) is 3.45. The third-order valence-corrected chi connectivity index (χ3v) is 7.29. The summed E-state index contributed by atoms with van der Waals surface area (Å²) in [6.07, 6.45) is 1.66. The standard InChI is InChI=1S/C22H26N4OS2/c1-2-25-9-11-26(12-10-25)16-18-7-5-17(6-8-18)14-23-21(27)20-15-24-22(29-20)19-4-3-13-28-19/h3-8,13,15H,2,9-12,14,16H2,1H3,(H,23,27). The van der Waals surface area contributed by atoms with E-state index in [2.05, 4.69) is 51.3 Å². The Morgan fingerprint density at radius 1 is 1.07 bits per heavy atom. The summed E-state index contributed by atoms with van der Waals surface area (Å²) in [5.41, 5.74) is 2.44. The van der Waals surface area contributed by atoms with Gasteiger partial charge in [-0.2, -0.15) is 0 Å². The summed E-state index contributed by atoms with van der Waals surface area (Å²) in [6, 6.07) is 12.6. The molecule has 1 N–H and O–H groups in total. The summed E-state index contributed by atoms with van der Waals surface area (Å²) in [4.78, 5) is 23.6. The number of hydrogen-bond acceptors (Lipinski definition) is 6. The van der Waals surface area contributed by atoms with Gasteiger partial charge in [0.25, 0.3) is 5.91 Å². The van der Waals surface area contributed by atoms with Gasteiger partial charge in [0, 0.05) is 39.3 Å². The zero-order chi connectivity index (χ0) is 20.1. The minimum absolute atomic E-state index is 0.0665. The zero-order valence-corrected chi connectivity index (χ0v) is 18.3. The molecule has 1 aromatic carbocycles. The summed E-state index contributed by atoms with van der Waals surface area (Å²) < 4.78 is 0. The van der Waals surface area contributed by atoms with Gasteiger partial charge in [0.05, 0.1) is 11.1 Å². The molecule has 0 spiro atoms. The molecule has 0 atom stereocenters. The van der Waals surface area contributed by atoms with E-state index in [1.54, 1.807) is 17.5 Å². The lowest BCUT2D eigenvalue weighted by molar-refractivity contribution is 0.0954. The second-order valence-corrected chi connectivity index (χ2v) is 9.19. The summed E-state index contributed by atoms with van der Waals surface area (Å²) in [6.45, 7) is 9.48. The second-order valence-electron chi connectivity index (χ2n) is 7.22. The van der Waals surface area contributed by atoms with Crippen LogP contribution in [0.15, 0.2) is 48.0 Å². The lowest BCUT2D eigenvalue weighted by Crippen LogP contribution is -2.45. The molecule has 0 radical (unpaired) electrons. The van der Waals surface area contributed by atoms with Crippen molar-refractivity contribution in [3.8, 4) is 9.88 Å². The molecular weight excluding hydrogens is 400 g/mol. The van der Waals surface area contributed by atoms with Gasteiger partial charge in [-0.15, -0.1) is 22.7 Å². The Labute approximate surface area is 180 Å². The van der Waals surface area contributed by atoms with Crippen LogP contribution in [-0.4, -0.2) is 53.4 Å². The zero-order valence-electron chi connectivity index (χ0n) is 16.6. The van der Waals surface area contributed by atoms with E-state index < -0.39 is 0 Å². The fourth-order valence-corrected chi connectivity index (χ4v) is 5.08. The van der Waals surface area contributed by atoms with E-state index in [4.69, 9.17) is 0 Å². The van der Waals surface area contributed by atoms with Gasteiger partial charge in [0.1, 0.15) is 9.88 Å². The van der Waals surface area contributed by atoms with Crippen molar-refractivity contribution in [2.45, 2.75) is 20.0 Å². The maximum Gasteiger partial charge on any atom is 0.263 e. The molecule has 0 unspecified atom stereocenters. The predicted octanol–water partition coefficient (Wildman–Crippen LogP) is 3.94. The highest BCUT2D eigenvalue weighted by Gasteiger charge is 2.15. The van der Waals surface area contributed by atoms with E-state index >= 15 is 0 Å². The molecule has 0 saturated carbocycles. The maximum absolute atomic E-state index is 12.4. The summed E-state index contributed by atoms with van der Waals surface area (Å²) in [5, 5.41) is 5.92. The van der Waals surface area contributed by atoms with E-state index in [0.717, 1.165) is 54.7 Å². The molecule has 1 aliphatic rings. The molecule has 3 aromatic rings. The number of piperazine rings is 1. The minimum atomic E-state index is -0.0665. The van der Waals surface area contributed by atoms with Crippen molar-refractivity contribution in [2.75, 3.05) is 32.7 Å².